The van der Waals surface area contributed by atoms with Crippen molar-refractivity contribution in [3.63, 3.8) is 0 Å². The Morgan fingerprint density at radius 3 is 2.28 bits per heavy atom. The molecule has 136 valence electrons. The highest BCUT2D eigenvalue weighted by Crippen LogP contribution is 2.55. The largest absolute Gasteiger partial charge is 0.493 e. The number of carbonyl (C=O) groups excluding carboxylic acids is 1. The van der Waals surface area contributed by atoms with Crippen LogP contribution in [0.25, 0.3) is 0 Å². The van der Waals surface area contributed by atoms with Crippen LogP contribution in [0.3, 0.4) is 0 Å². The molecule has 5 heteroatoms. The zero-order valence-corrected chi connectivity index (χ0v) is 14.9. The number of ether oxygens (including phenoxy) is 2. The summed E-state index contributed by atoms with van der Waals surface area (Å²) in [4.78, 5) is 12.4. The van der Waals surface area contributed by atoms with E-state index in [0.717, 1.165) is 17.8 Å². The van der Waals surface area contributed by atoms with Crippen molar-refractivity contribution in [1.29, 1.82) is 0 Å². The van der Waals surface area contributed by atoms with Gasteiger partial charge in [-0.15, -0.1) is 0 Å². The molecular formula is C20H28N2O3. The smallest absolute Gasteiger partial charge is 0.315 e. The van der Waals surface area contributed by atoms with Crippen LogP contribution in [-0.4, -0.2) is 31.8 Å². The third-order valence-electron chi connectivity index (χ3n) is 6.13. The summed E-state index contributed by atoms with van der Waals surface area (Å²) >= 11 is 0. The molecule has 4 saturated carbocycles. The Morgan fingerprint density at radius 2 is 1.68 bits per heavy atom. The second-order valence-corrected chi connectivity index (χ2v) is 8.08. The zero-order chi connectivity index (χ0) is 17.3. The number of methoxy groups -OCH3 is 1. The van der Waals surface area contributed by atoms with Gasteiger partial charge in [0.05, 0.1) is 13.7 Å². The minimum atomic E-state index is -0.0504. The van der Waals surface area contributed by atoms with Gasteiger partial charge in [0.1, 0.15) is 6.61 Å². The predicted molar refractivity (Wildman–Crippen MR) is 95.9 cm³/mol. The molecular weight excluding hydrogens is 316 g/mol. The summed E-state index contributed by atoms with van der Waals surface area (Å²) in [5.41, 5.74) is 0.0579. The first-order chi connectivity index (χ1) is 12.2. The first-order valence-corrected chi connectivity index (χ1v) is 9.48. The van der Waals surface area contributed by atoms with Crippen LogP contribution in [0.4, 0.5) is 4.79 Å². The number of rotatable bonds is 6. The molecule has 0 aliphatic heterocycles. The Bertz CT molecular complexity index is 596. The number of hydrogen-bond acceptors (Lipinski definition) is 3. The van der Waals surface area contributed by atoms with Gasteiger partial charge in [0, 0.05) is 5.54 Å². The molecule has 0 radical (unpaired) electrons. The van der Waals surface area contributed by atoms with Gasteiger partial charge in [0.2, 0.25) is 0 Å². The van der Waals surface area contributed by atoms with Crippen LogP contribution in [-0.2, 0) is 0 Å². The summed E-state index contributed by atoms with van der Waals surface area (Å²) in [7, 11) is 1.62. The van der Waals surface area contributed by atoms with Crippen molar-refractivity contribution in [2.24, 2.45) is 17.8 Å². The van der Waals surface area contributed by atoms with Crippen molar-refractivity contribution in [1.82, 2.24) is 10.6 Å². The number of urea groups is 1. The highest BCUT2D eigenvalue weighted by atomic mass is 16.5. The molecule has 4 aliphatic rings. The SMILES string of the molecule is COc1ccccc1OCCNC(=O)NC12CC3CC(CC(C3)C1)C2. The number of para-hydroxylation sites is 2. The molecule has 1 aromatic rings. The van der Waals surface area contributed by atoms with Gasteiger partial charge in [-0.2, -0.15) is 0 Å². The van der Waals surface area contributed by atoms with Gasteiger partial charge < -0.3 is 20.1 Å². The molecule has 4 bridgehead atoms. The molecule has 5 nitrogen and oxygen atoms in total. The van der Waals surface area contributed by atoms with Gasteiger partial charge in [0.25, 0.3) is 0 Å². The van der Waals surface area contributed by atoms with Crippen molar-refractivity contribution in [3.8, 4) is 11.5 Å². The lowest BCUT2D eigenvalue weighted by molar-refractivity contribution is -0.0135. The fourth-order valence-corrected chi connectivity index (χ4v) is 5.61. The normalized spacial score (nSPS) is 32.3. The minimum Gasteiger partial charge on any atom is -0.493 e. The number of carbonyl (C=O) groups is 1. The van der Waals surface area contributed by atoms with Crippen molar-refractivity contribution >= 4 is 6.03 Å². The Balaban J connectivity index is 1.23. The first-order valence-electron chi connectivity index (χ1n) is 9.48. The van der Waals surface area contributed by atoms with Gasteiger partial charge in [-0.1, -0.05) is 12.1 Å². The number of benzene rings is 1. The number of amides is 2. The summed E-state index contributed by atoms with van der Waals surface area (Å²) < 4.78 is 11.0. The van der Waals surface area contributed by atoms with E-state index < -0.39 is 0 Å². The van der Waals surface area contributed by atoms with Gasteiger partial charge in [0.15, 0.2) is 11.5 Å². The Hall–Kier alpha value is -1.91. The first kappa shape index (κ1) is 16.6. The van der Waals surface area contributed by atoms with E-state index in [-0.39, 0.29) is 11.6 Å². The molecule has 0 unspecified atom stereocenters. The van der Waals surface area contributed by atoms with E-state index >= 15 is 0 Å². The van der Waals surface area contributed by atoms with Crippen LogP contribution in [0.5, 0.6) is 11.5 Å². The molecule has 0 heterocycles. The van der Waals surface area contributed by atoms with E-state index in [4.69, 9.17) is 9.47 Å². The highest BCUT2D eigenvalue weighted by molar-refractivity contribution is 5.74. The Morgan fingerprint density at radius 1 is 1.08 bits per heavy atom. The highest BCUT2D eigenvalue weighted by Gasteiger charge is 2.51. The Kier molecular flexibility index (Phi) is 4.48. The molecule has 4 aliphatic carbocycles. The van der Waals surface area contributed by atoms with Crippen molar-refractivity contribution < 1.29 is 14.3 Å². The quantitative estimate of drug-likeness (QED) is 0.778. The molecule has 0 spiro atoms. The molecule has 2 amide bonds. The van der Waals surface area contributed by atoms with Crippen molar-refractivity contribution in [2.45, 2.75) is 44.1 Å². The summed E-state index contributed by atoms with van der Waals surface area (Å²) in [5.74, 6) is 3.91. The average molecular weight is 344 g/mol. The molecule has 1 aromatic carbocycles. The standard InChI is InChI=1S/C20H28N2O3/c1-24-17-4-2-3-5-18(17)25-7-6-21-19(23)22-20-11-14-8-15(12-20)10-16(9-14)13-20/h2-5,14-16H,6-13H2,1H3,(H2,21,22,23). The monoisotopic (exact) mass is 344 g/mol. The van der Waals surface area contributed by atoms with E-state index in [1.165, 1.54) is 38.5 Å². The van der Waals surface area contributed by atoms with Crippen LogP contribution >= 0.6 is 0 Å². The third-order valence-corrected chi connectivity index (χ3v) is 6.13. The number of hydrogen-bond donors (Lipinski definition) is 2. The van der Waals surface area contributed by atoms with E-state index in [0.29, 0.717) is 24.7 Å². The average Bonchev–Trinajstić information content (AvgIpc) is 2.57. The molecule has 0 aromatic heterocycles. The lowest BCUT2D eigenvalue weighted by Crippen LogP contribution is -2.61. The van der Waals surface area contributed by atoms with Crippen LogP contribution in [0, 0.1) is 17.8 Å². The second kappa shape index (κ2) is 6.77. The zero-order valence-electron chi connectivity index (χ0n) is 14.9. The maximum absolute atomic E-state index is 12.4. The van der Waals surface area contributed by atoms with Crippen LogP contribution in [0.15, 0.2) is 24.3 Å². The van der Waals surface area contributed by atoms with Crippen LogP contribution < -0.4 is 20.1 Å². The summed E-state index contributed by atoms with van der Waals surface area (Å²) in [6.07, 6.45) is 7.66. The van der Waals surface area contributed by atoms with Gasteiger partial charge in [-0.05, 0) is 68.4 Å². The minimum absolute atomic E-state index is 0.0504. The van der Waals surface area contributed by atoms with Crippen molar-refractivity contribution in [3.05, 3.63) is 24.3 Å². The fraction of sp³-hybridized carbons (Fsp3) is 0.650. The predicted octanol–water partition coefficient (Wildman–Crippen LogP) is 3.34. The van der Waals surface area contributed by atoms with E-state index in [9.17, 15) is 4.79 Å². The second-order valence-electron chi connectivity index (χ2n) is 8.08. The molecule has 2 N–H and O–H groups in total. The van der Waals surface area contributed by atoms with Gasteiger partial charge >= 0.3 is 6.03 Å². The fourth-order valence-electron chi connectivity index (χ4n) is 5.61. The topological polar surface area (TPSA) is 59.6 Å². The van der Waals surface area contributed by atoms with Crippen molar-refractivity contribution in [2.75, 3.05) is 20.3 Å². The maximum Gasteiger partial charge on any atom is 0.315 e. The molecule has 5 rings (SSSR count). The third kappa shape index (κ3) is 3.55. The van der Waals surface area contributed by atoms with Gasteiger partial charge in [-0.25, -0.2) is 4.79 Å². The van der Waals surface area contributed by atoms with E-state index in [1.54, 1.807) is 7.11 Å². The van der Waals surface area contributed by atoms with Gasteiger partial charge in [-0.3, -0.25) is 0 Å². The van der Waals surface area contributed by atoms with Crippen LogP contribution in [0.2, 0.25) is 0 Å². The van der Waals surface area contributed by atoms with E-state index in [1.807, 2.05) is 24.3 Å². The lowest BCUT2D eigenvalue weighted by atomic mass is 9.53. The molecule has 0 saturated heterocycles. The Labute approximate surface area is 149 Å². The van der Waals surface area contributed by atoms with Crippen LogP contribution in [0.1, 0.15) is 38.5 Å². The lowest BCUT2D eigenvalue weighted by Gasteiger charge is -2.56. The molecule has 0 atom stereocenters. The summed E-state index contributed by atoms with van der Waals surface area (Å²) in [6, 6.07) is 7.50. The molecule has 25 heavy (non-hydrogen) atoms. The number of nitrogens with one attached hydrogen (secondary N) is 2. The summed E-state index contributed by atoms with van der Waals surface area (Å²) in [5, 5.41) is 6.26. The van der Waals surface area contributed by atoms with E-state index in [2.05, 4.69) is 10.6 Å². The maximum atomic E-state index is 12.4. The summed E-state index contributed by atoms with van der Waals surface area (Å²) in [6.45, 7) is 0.908. The molecule has 4 fully saturated rings.